The van der Waals surface area contributed by atoms with Gasteiger partial charge in [0, 0.05) is 4.47 Å². The average Bonchev–Trinajstić information content (AvgIpc) is 1.85. The highest BCUT2D eigenvalue weighted by molar-refractivity contribution is 9.10. The van der Waals surface area contributed by atoms with Crippen LogP contribution in [0.15, 0.2) is 22.7 Å². The third kappa shape index (κ3) is 1.77. The molecule has 0 saturated carbocycles. The Labute approximate surface area is 71.9 Å². The molecule has 0 aliphatic heterocycles. The van der Waals surface area contributed by atoms with Gasteiger partial charge in [0.05, 0.1) is 5.56 Å². The molecule has 0 amide bonds. The van der Waals surface area contributed by atoms with E-state index in [1.54, 1.807) is 6.07 Å². The molecule has 2 nitrogen and oxygen atoms in total. The van der Waals surface area contributed by atoms with Crippen LogP contribution < -0.4 is 5.73 Å². The van der Waals surface area contributed by atoms with Crippen molar-refractivity contribution in [2.45, 2.75) is 0 Å². The van der Waals surface area contributed by atoms with Crippen LogP contribution in [-0.4, -0.2) is 5.84 Å². The highest BCUT2D eigenvalue weighted by atomic mass is 79.9. The molecule has 58 valence electrons. The minimum atomic E-state index is -0.480. The number of amidine groups is 1. The van der Waals surface area contributed by atoms with E-state index >= 15 is 0 Å². The summed E-state index contributed by atoms with van der Waals surface area (Å²) in [7, 11) is 0. The summed E-state index contributed by atoms with van der Waals surface area (Å²) in [6.07, 6.45) is 0. The Balaban J connectivity index is 3.20. The molecular weight excluding hydrogens is 211 g/mol. The average molecular weight is 217 g/mol. The number of hydrogen-bond donors (Lipinski definition) is 2. The highest BCUT2D eigenvalue weighted by Crippen LogP contribution is 2.14. The van der Waals surface area contributed by atoms with Gasteiger partial charge < -0.3 is 5.73 Å². The number of rotatable bonds is 1. The van der Waals surface area contributed by atoms with Crippen LogP contribution in [0.25, 0.3) is 0 Å². The molecule has 0 aromatic heterocycles. The van der Waals surface area contributed by atoms with Gasteiger partial charge in [-0.1, -0.05) is 15.9 Å². The molecule has 0 spiro atoms. The molecule has 0 aliphatic carbocycles. The molecule has 0 bridgehead atoms. The van der Waals surface area contributed by atoms with Crippen LogP contribution in [0.1, 0.15) is 5.56 Å². The number of nitrogens with two attached hydrogens (primary N) is 1. The fourth-order valence-corrected chi connectivity index (χ4v) is 1.04. The summed E-state index contributed by atoms with van der Waals surface area (Å²) in [6, 6.07) is 4.37. The van der Waals surface area contributed by atoms with E-state index in [1.165, 1.54) is 12.1 Å². The van der Waals surface area contributed by atoms with Crippen LogP contribution in [0.2, 0.25) is 0 Å². The third-order valence-corrected chi connectivity index (χ3v) is 1.71. The molecule has 0 saturated heterocycles. The molecule has 1 aromatic rings. The third-order valence-electron chi connectivity index (χ3n) is 1.22. The normalized spacial score (nSPS) is 9.64. The fraction of sp³-hybridized carbons (Fsp3) is 0. The molecule has 1 rings (SSSR count). The predicted octanol–water partition coefficient (Wildman–Crippen LogP) is 1.87. The largest absolute Gasteiger partial charge is 0.384 e. The van der Waals surface area contributed by atoms with E-state index in [9.17, 15) is 4.39 Å². The molecule has 0 heterocycles. The molecule has 0 unspecified atom stereocenters. The second kappa shape index (κ2) is 3.00. The number of hydrogen-bond acceptors (Lipinski definition) is 1. The van der Waals surface area contributed by atoms with Crippen LogP contribution in [0, 0.1) is 11.2 Å². The fourth-order valence-electron chi connectivity index (χ4n) is 0.708. The van der Waals surface area contributed by atoms with Gasteiger partial charge in [-0.2, -0.15) is 0 Å². The topological polar surface area (TPSA) is 49.9 Å². The summed E-state index contributed by atoms with van der Waals surface area (Å²) in [6.45, 7) is 0. The first-order chi connectivity index (χ1) is 5.11. The van der Waals surface area contributed by atoms with Gasteiger partial charge in [0.25, 0.3) is 0 Å². The minimum absolute atomic E-state index is 0.133. The number of benzene rings is 1. The summed E-state index contributed by atoms with van der Waals surface area (Å²) in [4.78, 5) is 0. The van der Waals surface area contributed by atoms with E-state index < -0.39 is 5.82 Å². The minimum Gasteiger partial charge on any atom is -0.384 e. The zero-order chi connectivity index (χ0) is 8.43. The van der Waals surface area contributed by atoms with Crippen molar-refractivity contribution in [3.63, 3.8) is 0 Å². The first kappa shape index (κ1) is 8.20. The van der Waals surface area contributed by atoms with Crippen LogP contribution in [-0.2, 0) is 0 Å². The summed E-state index contributed by atoms with van der Waals surface area (Å²) in [5, 5.41) is 6.97. The van der Waals surface area contributed by atoms with E-state index in [0.717, 1.165) is 0 Å². The van der Waals surface area contributed by atoms with Gasteiger partial charge in [-0.25, -0.2) is 4.39 Å². The van der Waals surface area contributed by atoms with E-state index in [-0.39, 0.29) is 11.4 Å². The molecular formula is C7H6BrFN2. The van der Waals surface area contributed by atoms with Crippen LogP contribution in [0.4, 0.5) is 4.39 Å². The molecule has 0 atom stereocenters. The maximum Gasteiger partial charge on any atom is 0.135 e. The Morgan fingerprint density at radius 3 is 2.64 bits per heavy atom. The maximum absolute atomic E-state index is 12.9. The number of halogens is 2. The van der Waals surface area contributed by atoms with Crippen molar-refractivity contribution in [2.75, 3.05) is 0 Å². The quantitative estimate of drug-likeness (QED) is 0.547. The predicted molar refractivity (Wildman–Crippen MR) is 45.1 cm³/mol. The summed E-state index contributed by atoms with van der Waals surface area (Å²) >= 11 is 3.09. The second-order valence-corrected chi connectivity index (χ2v) is 2.95. The number of nitrogen functional groups attached to an aromatic ring is 1. The zero-order valence-electron chi connectivity index (χ0n) is 5.57. The van der Waals surface area contributed by atoms with Crippen LogP contribution in [0.3, 0.4) is 0 Å². The lowest BCUT2D eigenvalue weighted by Gasteiger charge is -1.99. The van der Waals surface area contributed by atoms with Crippen LogP contribution in [0.5, 0.6) is 0 Å². The Hall–Kier alpha value is -0.900. The van der Waals surface area contributed by atoms with Crippen LogP contribution >= 0.6 is 15.9 Å². The van der Waals surface area contributed by atoms with Crippen molar-refractivity contribution >= 4 is 21.8 Å². The van der Waals surface area contributed by atoms with E-state index in [4.69, 9.17) is 11.1 Å². The van der Waals surface area contributed by atoms with Gasteiger partial charge in [-0.15, -0.1) is 0 Å². The Morgan fingerprint density at radius 1 is 1.55 bits per heavy atom. The summed E-state index contributed by atoms with van der Waals surface area (Å²) in [5.74, 6) is -0.734. The lowest BCUT2D eigenvalue weighted by molar-refractivity contribution is 0.624. The smallest absolute Gasteiger partial charge is 0.135 e. The molecule has 11 heavy (non-hydrogen) atoms. The van der Waals surface area contributed by atoms with E-state index in [1.807, 2.05) is 0 Å². The zero-order valence-corrected chi connectivity index (χ0v) is 7.15. The number of nitrogens with one attached hydrogen (secondary N) is 1. The monoisotopic (exact) mass is 216 g/mol. The molecule has 4 heteroatoms. The Bertz CT molecular complexity index is 298. The second-order valence-electron chi connectivity index (χ2n) is 2.04. The lowest BCUT2D eigenvalue weighted by Crippen LogP contribution is -2.12. The maximum atomic E-state index is 12.9. The van der Waals surface area contributed by atoms with Crippen molar-refractivity contribution in [3.05, 3.63) is 34.1 Å². The molecule has 1 aromatic carbocycles. The Morgan fingerprint density at radius 2 is 2.18 bits per heavy atom. The van der Waals surface area contributed by atoms with Crippen molar-refractivity contribution < 1.29 is 4.39 Å². The molecule has 0 radical (unpaired) electrons. The van der Waals surface area contributed by atoms with E-state index in [0.29, 0.717) is 4.47 Å². The molecule has 3 N–H and O–H groups in total. The lowest BCUT2D eigenvalue weighted by atomic mass is 10.2. The summed E-state index contributed by atoms with van der Waals surface area (Å²) < 4.78 is 13.5. The standard InChI is InChI=1S/C7H6BrFN2/c8-4-1-2-5(7(10)11)6(9)3-4/h1-3H,(H3,10,11). The Kier molecular flexibility index (Phi) is 2.24. The van der Waals surface area contributed by atoms with Gasteiger partial charge in [0.1, 0.15) is 11.7 Å². The SMILES string of the molecule is N=C(N)c1ccc(Br)cc1F. The van der Waals surface area contributed by atoms with Crippen molar-refractivity contribution in [1.82, 2.24) is 0 Å². The molecule has 0 aliphatic rings. The van der Waals surface area contributed by atoms with Gasteiger partial charge in [-0.3, -0.25) is 5.41 Å². The molecule has 0 fully saturated rings. The van der Waals surface area contributed by atoms with Crippen molar-refractivity contribution in [3.8, 4) is 0 Å². The van der Waals surface area contributed by atoms with E-state index in [2.05, 4.69) is 15.9 Å². The first-order valence-electron chi connectivity index (χ1n) is 2.90. The van der Waals surface area contributed by atoms with Gasteiger partial charge in [0.2, 0.25) is 0 Å². The van der Waals surface area contributed by atoms with Crippen molar-refractivity contribution in [1.29, 1.82) is 5.41 Å². The first-order valence-corrected chi connectivity index (χ1v) is 3.70. The van der Waals surface area contributed by atoms with Crippen molar-refractivity contribution in [2.24, 2.45) is 5.73 Å². The highest BCUT2D eigenvalue weighted by Gasteiger charge is 2.03. The van der Waals surface area contributed by atoms with Gasteiger partial charge >= 0.3 is 0 Å². The van der Waals surface area contributed by atoms with Gasteiger partial charge in [0.15, 0.2) is 0 Å². The van der Waals surface area contributed by atoms with Gasteiger partial charge in [-0.05, 0) is 18.2 Å². The summed E-state index contributed by atoms with van der Waals surface area (Å²) in [5.41, 5.74) is 5.23.